The number of hydrogen-bond acceptors (Lipinski definition) is 6. The van der Waals surface area contributed by atoms with E-state index >= 15 is 0 Å². The van der Waals surface area contributed by atoms with E-state index in [4.69, 9.17) is 18.9 Å². The molecule has 33 heavy (non-hydrogen) atoms. The summed E-state index contributed by atoms with van der Waals surface area (Å²) < 4.78 is 23.2. The molecule has 6 nitrogen and oxygen atoms in total. The molecule has 0 bridgehead atoms. The van der Waals surface area contributed by atoms with E-state index in [1.54, 1.807) is 6.21 Å². The Morgan fingerprint density at radius 1 is 0.758 bits per heavy atom. The van der Waals surface area contributed by atoms with Crippen LogP contribution in [0.2, 0.25) is 0 Å². The molecular formula is C27H37NO5. The zero-order valence-electron chi connectivity index (χ0n) is 20.3. The molecule has 6 heteroatoms. The van der Waals surface area contributed by atoms with Crippen molar-refractivity contribution in [2.24, 2.45) is 5.16 Å². The molecule has 0 aliphatic rings. The molecule has 2 aromatic carbocycles. The van der Waals surface area contributed by atoms with Gasteiger partial charge in [0.15, 0.2) is 0 Å². The maximum absolute atomic E-state index is 6.05. The largest absolute Gasteiger partial charge is 0.493 e. The van der Waals surface area contributed by atoms with Crippen molar-refractivity contribution < 1.29 is 23.8 Å². The first kappa shape index (κ1) is 26.1. The van der Waals surface area contributed by atoms with Crippen molar-refractivity contribution >= 4 is 6.21 Å². The number of nitrogens with zero attached hydrogens (tertiary/aromatic N) is 1. The molecule has 2 rings (SSSR count). The Balaban J connectivity index is 1.60. The van der Waals surface area contributed by atoms with Crippen LogP contribution in [0.15, 0.2) is 53.7 Å². The molecule has 0 aliphatic carbocycles. The van der Waals surface area contributed by atoms with Gasteiger partial charge in [-0.2, -0.15) is 0 Å². The zero-order chi connectivity index (χ0) is 23.7. The minimum atomic E-state index is 0.354. The van der Waals surface area contributed by atoms with E-state index in [-0.39, 0.29) is 0 Å². The van der Waals surface area contributed by atoms with Crippen LogP contribution in [0.25, 0.3) is 0 Å². The van der Waals surface area contributed by atoms with Gasteiger partial charge in [0.05, 0.1) is 19.4 Å². The fourth-order valence-electron chi connectivity index (χ4n) is 3.28. The Morgan fingerprint density at radius 3 is 2.06 bits per heavy atom. The molecule has 0 N–H and O–H groups in total. The van der Waals surface area contributed by atoms with E-state index < -0.39 is 0 Å². The summed E-state index contributed by atoms with van der Waals surface area (Å²) in [5.41, 5.74) is 2.21. The topological polar surface area (TPSA) is 58.5 Å². The van der Waals surface area contributed by atoms with E-state index in [1.165, 1.54) is 7.11 Å². The molecule has 2 aromatic rings. The Bertz CT molecular complexity index is 856. The first-order valence-corrected chi connectivity index (χ1v) is 11.5. The van der Waals surface area contributed by atoms with Crippen molar-refractivity contribution in [3.8, 4) is 23.0 Å². The average Bonchev–Trinajstić information content (AvgIpc) is 2.80. The van der Waals surface area contributed by atoms with Gasteiger partial charge in [0.25, 0.3) is 0 Å². The number of benzene rings is 2. The second-order valence-corrected chi connectivity index (χ2v) is 7.63. The summed E-state index contributed by atoms with van der Waals surface area (Å²) in [6.07, 6.45) is 9.77. The lowest BCUT2D eigenvalue weighted by molar-refractivity contribution is 0.212. The molecule has 0 heterocycles. The molecule has 0 radical (unpaired) electrons. The normalized spacial score (nSPS) is 11.2. The minimum absolute atomic E-state index is 0.354. The highest BCUT2D eigenvalue weighted by atomic mass is 16.6. The lowest BCUT2D eigenvalue weighted by Crippen LogP contribution is -2.03. The maximum atomic E-state index is 6.05. The molecule has 0 unspecified atom stereocenters. The van der Waals surface area contributed by atoms with Crippen molar-refractivity contribution in [1.82, 2.24) is 0 Å². The highest BCUT2D eigenvalue weighted by Gasteiger charge is 2.07. The predicted molar refractivity (Wildman–Crippen MR) is 133 cm³/mol. The smallest absolute Gasteiger partial charge is 0.127 e. The molecule has 0 spiro atoms. The molecular weight excluding hydrogens is 418 g/mol. The van der Waals surface area contributed by atoms with Crippen molar-refractivity contribution in [2.75, 3.05) is 33.5 Å². The van der Waals surface area contributed by atoms with Crippen LogP contribution in [0.5, 0.6) is 23.0 Å². The third-order valence-corrected chi connectivity index (χ3v) is 4.88. The van der Waals surface area contributed by atoms with E-state index in [0.29, 0.717) is 26.4 Å². The van der Waals surface area contributed by atoms with E-state index in [2.05, 4.69) is 23.8 Å². The van der Waals surface area contributed by atoms with E-state index in [9.17, 15) is 0 Å². The number of oxime groups is 1. The molecule has 0 saturated heterocycles. The van der Waals surface area contributed by atoms with Crippen molar-refractivity contribution in [1.29, 1.82) is 0 Å². The van der Waals surface area contributed by atoms with Crippen LogP contribution in [-0.4, -0.2) is 39.8 Å². The van der Waals surface area contributed by atoms with E-state index in [1.807, 2.05) is 55.5 Å². The molecule has 0 aliphatic heterocycles. The Hall–Kier alpha value is -3.15. The lowest BCUT2D eigenvalue weighted by Gasteiger charge is -2.14. The van der Waals surface area contributed by atoms with Crippen LogP contribution in [0, 0.1) is 13.8 Å². The van der Waals surface area contributed by atoms with Crippen LogP contribution in [0.3, 0.4) is 0 Å². The van der Waals surface area contributed by atoms with Crippen LogP contribution >= 0.6 is 0 Å². The lowest BCUT2D eigenvalue weighted by atomic mass is 10.1. The van der Waals surface area contributed by atoms with Crippen LogP contribution in [-0.2, 0) is 4.84 Å². The van der Waals surface area contributed by atoms with Gasteiger partial charge >= 0.3 is 0 Å². The highest BCUT2D eigenvalue weighted by Crippen LogP contribution is 2.28. The number of allylic oxidation sites excluding steroid dienone is 1. The van der Waals surface area contributed by atoms with Crippen LogP contribution in [0.1, 0.15) is 43.7 Å². The zero-order valence-corrected chi connectivity index (χ0v) is 20.3. The maximum Gasteiger partial charge on any atom is 0.127 e. The van der Waals surface area contributed by atoms with Gasteiger partial charge in [0, 0.05) is 6.07 Å². The fourth-order valence-corrected chi connectivity index (χ4v) is 3.28. The van der Waals surface area contributed by atoms with Crippen molar-refractivity contribution in [3.05, 3.63) is 59.7 Å². The second-order valence-electron chi connectivity index (χ2n) is 7.63. The number of hydrogen-bond donors (Lipinski definition) is 0. The number of rotatable bonds is 16. The number of aryl methyl sites for hydroxylation is 2. The summed E-state index contributed by atoms with van der Waals surface area (Å²) in [5, 5.41) is 3.64. The monoisotopic (exact) mass is 455 g/mol. The molecule has 0 atom stereocenters. The van der Waals surface area contributed by atoms with Crippen LogP contribution in [0.4, 0.5) is 0 Å². The Kier molecular flexibility index (Phi) is 12.4. The molecule has 0 fully saturated rings. The summed E-state index contributed by atoms with van der Waals surface area (Å²) >= 11 is 0. The quantitative estimate of drug-likeness (QED) is 0.129. The van der Waals surface area contributed by atoms with Gasteiger partial charge in [-0.1, -0.05) is 23.4 Å². The van der Waals surface area contributed by atoms with Gasteiger partial charge in [-0.3, -0.25) is 0 Å². The fraction of sp³-hybridized carbons (Fsp3) is 0.444. The van der Waals surface area contributed by atoms with Gasteiger partial charge < -0.3 is 23.8 Å². The first-order chi connectivity index (χ1) is 16.1. The third-order valence-electron chi connectivity index (χ3n) is 4.88. The Labute approximate surface area is 198 Å². The summed E-state index contributed by atoms with van der Waals surface area (Å²) in [5.74, 6) is 3.40. The summed E-state index contributed by atoms with van der Waals surface area (Å²) in [4.78, 5) is 4.61. The highest BCUT2D eigenvalue weighted by molar-refractivity contribution is 5.58. The van der Waals surface area contributed by atoms with Gasteiger partial charge in [-0.05, 0) is 81.8 Å². The van der Waals surface area contributed by atoms with Crippen molar-refractivity contribution in [2.45, 2.75) is 46.5 Å². The van der Waals surface area contributed by atoms with Gasteiger partial charge in [-0.25, -0.2) is 0 Å². The predicted octanol–water partition coefficient (Wildman–Crippen LogP) is 6.29. The molecule has 0 amide bonds. The van der Waals surface area contributed by atoms with Gasteiger partial charge in [-0.15, -0.1) is 0 Å². The average molecular weight is 456 g/mol. The Morgan fingerprint density at radius 2 is 1.39 bits per heavy atom. The first-order valence-electron chi connectivity index (χ1n) is 11.5. The number of ether oxygens (including phenoxy) is 4. The van der Waals surface area contributed by atoms with Gasteiger partial charge in [0.1, 0.15) is 43.3 Å². The van der Waals surface area contributed by atoms with E-state index in [0.717, 1.165) is 59.8 Å². The molecule has 0 saturated carbocycles. The minimum Gasteiger partial charge on any atom is -0.493 e. The molecule has 180 valence electrons. The SMILES string of the molecule is C/C=C/COc1cc(C)c(OCCCCCCOc2cccc(OC/C=N/OC)c2)c(C)c1. The summed E-state index contributed by atoms with van der Waals surface area (Å²) in [7, 11) is 1.50. The van der Waals surface area contributed by atoms with Crippen LogP contribution < -0.4 is 18.9 Å². The number of unbranched alkanes of at least 4 members (excludes halogenated alkanes) is 3. The second kappa shape index (κ2) is 15.6. The van der Waals surface area contributed by atoms with Gasteiger partial charge in [0.2, 0.25) is 0 Å². The summed E-state index contributed by atoms with van der Waals surface area (Å²) in [6, 6.07) is 11.7. The molecule has 0 aromatic heterocycles. The third kappa shape index (κ3) is 10.3. The standard InChI is InChI=1S/C27H37NO5/c1-5-6-15-31-26-19-22(2)27(23(3)20-26)33-17-10-8-7-9-16-30-24-12-11-13-25(21-24)32-18-14-28-29-4/h5-6,11-14,19-21H,7-10,15-18H2,1-4H3/b6-5+,28-14+. The van der Waals surface area contributed by atoms with Crippen molar-refractivity contribution in [3.63, 3.8) is 0 Å². The summed E-state index contributed by atoms with van der Waals surface area (Å²) in [6.45, 7) is 8.46.